The number of rotatable bonds is 3. The van der Waals surface area contributed by atoms with E-state index in [0.29, 0.717) is 16.8 Å². The van der Waals surface area contributed by atoms with Crippen molar-refractivity contribution in [3.63, 3.8) is 0 Å². The molecule has 0 atom stereocenters. The fourth-order valence-corrected chi connectivity index (χ4v) is 4.71. The average molecular weight is 384 g/mol. The Hall–Kier alpha value is -2.13. The van der Waals surface area contributed by atoms with Crippen molar-refractivity contribution in [3.05, 3.63) is 42.0 Å². The van der Waals surface area contributed by atoms with Crippen LogP contribution in [0.4, 0.5) is 18.3 Å². The van der Waals surface area contributed by atoms with Crippen molar-refractivity contribution in [3.8, 4) is 11.5 Å². The van der Waals surface area contributed by atoms with Gasteiger partial charge in [-0.25, -0.2) is 4.98 Å². The number of thiazole rings is 1. The third-order valence-corrected chi connectivity index (χ3v) is 5.92. The van der Waals surface area contributed by atoms with Crippen molar-refractivity contribution in [2.24, 2.45) is 0 Å². The molecule has 0 spiro atoms. The number of alkyl halides is 3. The van der Waals surface area contributed by atoms with Crippen molar-refractivity contribution in [2.75, 3.05) is 11.4 Å². The molecule has 2 heterocycles. The van der Waals surface area contributed by atoms with E-state index in [9.17, 15) is 13.2 Å². The molecule has 4 nitrogen and oxygen atoms in total. The molecule has 0 aliphatic carbocycles. The Kier molecular flexibility index (Phi) is 3.92. The molecule has 130 valence electrons. The zero-order valence-corrected chi connectivity index (χ0v) is 14.5. The molecule has 2 aromatic carbocycles. The molecule has 0 amide bonds. The zero-order chi connectivity index (χ0) is 17.6. The number of methoxy groups -OCH3 is 1. The lowest BCUT2D eigenvalue weighted by atomic mass is 10.2. The number of anilines is 1. The molecule has 1 aliphatic heterocycles. The SMILES string of the molecule is COc1cccc2c1SN(c1nc3ccc(OC(F)(F)F)cc3s1)C2. The molecule has 0 radical (unpaired) electrons. The number of ether oxygens (including phenoxy) is 2. The topological polar surface area (TPSA) is 34.6 Å². The van der Waals surface area contributed by atoms with Crippen molar-refractivity contribution in [2.45, 2.75) is 17.8 Å². The normalized spacial score (nSPS) is 14.0. The van der Waals surface area contributed by atoms with E-state index >= 15 is 0 Å². The lowest BCUT2D eigenvalue weighted by molar-refractivity contribution is -0.274. The second-order valence-electron chi connectivity index (χ2n) is 5.25. The number of benzene rings is 2. The first-order chi connectivity index (χ1) is 11.9. The number of aromatic nitrogens is 1. The van der Waals surface area contributed by atoms with Gasteiger partial charge in [0.05, 0.1) is 28.8 Å². The highest BCUT2D eigenvalue weighted by molar-refractivity contribution is 8.01. The van der Waals surface area contributed by atoms with Crippen LogP contribution < -0.4 is 13.8 Å². The summed E-state index contributed by atoms with van der Waals surface area (Å²) in [5, 5.41) is 0.724. The summed E-state index contributed by atoms with van der Waals surface area (Å²) in [7, 11) is 1.62. The van der Waals surface area contributed by atoms with Gasteiger partial charge < -0.3 is 9.47 Å². The molecule has 1 aliphatic rings. The molecule has 9 heteroatoms. The molecule has 0 fully saturated rings. The minimum Gasteiger partial charge on any atom is -0.496 e. The van der Waals surface area contributed by atoms with Gasteiger partial charge in [0.2, 0.25) is 0 Å². The molecule has 0 saturated heterocycles. The number of nitrogens with zero attached hydrogens (tertiary/aromatic N) is 2. The number of hydrogen-bond acceptors (Lipinski definition) is 6. The predicted octanol–water partition coefficient (Wildman–Crippen LogP) is 5.23. The first kappa shape index (κ1) is 16.3. The van der Waals surface area contributed by atoms with E-state index in [-0.39, 0.29) is 5.75 Å². The van der Waals surface area contributed by atoms with Gasteiger partial charge in [0, 0.05) is 6.07 Å². The summed E-state index contributed by atoms with van der Waals surface area (Å²) in [5.41, 5.74) is 1.77. The van der Waals surface area contributed by atoms with E-state index in [1.807, 2.05) is 22.5 Å². The van der Waals surface area contributed by atoms with Crippen LogP contribution in [-0.2, 0) is 6.54 Å². The van der Waals surface area contributed by atoms with E-state index in [1.54, 1.807) is 7.11 Å². The minimum absolute atomic E-state index is 0.241. The van der Waals surface area contributed by atoms with Gasteiger partial charge in [-0.05, 0) is 35.7 Å². The molecular formula is C16H11F3N2O2S2. The summed E-state index contributed by atoms with van der Waals surface area (Å²) < 4.78 is 49.1. The van der Waals surface area contributed by atoms with Crippen LogP contribution in [0.3, 0.4) is 0 Å². The Morgan fingerprint density at radius 3 is 2.80 bits per heavy atom. The zero-order valence-electron chi connectivity index (χ0n) is 12.8. The van der Waals surface area contributed by atoms with Crippen LogP contribution in [-0.4, -0.2) is 18.5 Å². The Morgan fingerprint density at radius 1 is 1.20 bits per heavy atom. The van der Waals surface area contributed by atoms with Crippen LogP contribution in [0.1, 0.15) is 5.56 Å². The van der Waals surface area contributed by atoms with Crippen LogP contribution in [0.15, 0.2) is 41.3 Å². The number of hydrogen-bond donors (Lipinski definition) is 0. The van der Waals surface area contributed by atoms with Crippen LogP contribution in [0, 0.1) is 0 Å². The highest BCUT2D eigenvalue weighted by atomic mass is 32.2. The monoisotopic (exact) mass is 384 g/mol. The highest BCUT2D eigenvalue weighted by Gasteiger charge is 2.31. The fraction of sp³-hybridized carbons (Fsp3) is 0.188. The van der Waals surface area contributed by atoms with E-state index in [2.05, 4.69) is 9.72 Å². The summed E-state index contributed by atoms with van der Waals surface area (Å²) >= 11 is 2.84. The third-order valence-electron chi connectivity index (χ3n) is 3.59. The summed E-state index contributed by atoms with van der Waals surface area (Å²) in [6.07, 6.45) is -4.70. The van der Waals surface area contributed by atoms with Gasteiger partial charge in [0.15, 0.2) is 5.13 Å². The molecule has 3 aromatic rings. The third kappa shape index (κ3) is 3.21. The molecule has 0 bridgehead atoms. The van der Waals surface area contributed by atoms with Crippen molar-refractivity contribution < 1.29 is 22.6 Å². The molecule has 0 saturated carbocycles. The maximum Gasteiger partial charge on any atom is 0.573 e. The van der Waals surface area contributed by atoms with E-state index < -0.39 is 6.36 Å². The Labute approximate surface area is 149 Å². The first-order valence-electron chi connectivity index (χ1n) is 7.21. The first-order valence-corrected chi connectivity index (χ1v) is 8.80. The molecule has 1 aromatic heterocycles. The van der Waals surface area contributed by atoms with E-state index in [0.717, 1.165) is 21.3 Å². The Morgan fingerprint density at radius 2 is 2.04 bits per heavy atom. The minimum atomic E-state index is -4.70. The van der Waals surface area contributed by atoms with Crippen molar-refractivity contribution >= 4 is 38.6 Å². The second kappa shape index (κ2) is 5.99. The maximum atomic E-state index is 12.4. The summed E-state index contributed by atoms with van der Waals surface area (Å²) in [5.74, 6) is 0.557. The van der Waals surface area contributed by atoms with Crippen molar-refractivity contribution in [1.29, 1.82) is 0 Å². The van der Waals surface area contributed by atoms with Crippen LogP contribution >= 0.6 is 23.3 Å². The largest absolute Gasteiger partial charge is 0.573 e. The summed E-state index contributed by atoms with van der Waals surface area (Å²) in [4.78, 5) is 5.55. The molecule has 0 unspecified atom stereocenters. The van der Waals surface area contributed by atoms with Gasteiger partial charge in [0.25, 0.3) is 0 Å². The van der Waals surface area contributed by atoms with Gasteiger partial charge >= 0.3 is 6.36 Å². The van der Waals surface area contributed by atoms with E-state index in [1.165, 1.54) is 41.5 Å². The van der Waals surface area contributed by atoms with E-state index in [4.69, 9.17) is 4.74 Å². The van der Waals surface area contributed by atoms with Gasteiger partial charge in [-0.2, -0.15) is 0 Å². The Balaban J connectivity index is 1.63. The number of fused-ring (bicyclic) bond motifs is 2. The molecular weight excluding hydrogens is 373 g/mol. The molecule has 4 rings (SSSR count). The van der Waals surface area contributed by atoms with Gasteiger partial charge in [-0.15, -0.1) is 13.2 Å². The van der Waals surface area contributed by atoms with Gasteiger partial charge in [-0.3, -0.25) is 4.31 Å². The fourth-order valence-electron chi connectivity index (χ4n) is 2.55. The lowest BCUT2D eigenvalue weighted by Crippen LogP contribution is -2.16. The molecule has 25 heavy (non-hydrogen) atoms. The quantitative estimate of drug-likeness (QED) is 0.578. The van der Waals surface area contributed by atoms with Gasteiger partial charge in [0.1, 0.15) is 11.5 Å². The standard InChI is InChI=1S/C16H11F3N2O2S2/c1-22-12-4-2-3-9-8-21(25-14(9)12)15-20-11-6-5-10(7-13(11)24-15)23-16(17,18)19/h2-7H,8H2,1H3. The molecule has 0 N–H and O–H groups in total. The average Bonchev–Trinajstić information content (AvgIpc) is 3.15. The van der Waals surface area contributed by atoms with Gasteiger partial charge in [-0.1, -0.05) is 23.5 Å². The van der Waals surface area contributed by atoms with Crippen molar-refractivity contribution in [1.82, 2.24) is 4.98 Å². The summed E-state index contributed by atoms with van der Waals surface area (Å²) in [6, 6.07) is 10.0. The van der Waals surface area contributed by atoms with Crippen LogP contribution in [0.2, 0.25) is 0 Å². The lowest BCUT2D eigenvalue weighted by Gasteiger charge is -2.11. The highest BCUT2D eigenvalue weighted by Crippen LogP contribution is 2.46. The van der Waals surface area contributed by atoms with Crippen LogP contribution in [0.25, 0.3) is 10.2 Å². The summed E-state index contributed by atoms with van der Waals surface area (Å²) in [6.45, 7) is 0.656. The number of halogens is 3. The Bertz CT molecular complexity index is 943. The predicted molar refractivity (Wildman–Crippen MR) is 91.3 cm³/mol. The van der Waals surface area contributed by atoms with Crippen LogP contribution in [0.5, 0.6) is 11.5 Å². The smallest absolute Gasteiger partial charge is 0.496 e. The second-order valence-corrected chi connectivity index (χ2v) is 7.29. The maximum absolute atomic E-state index is 12.4.